The average Bonchev–Trinajstić information content (AvgIpc) is 2.07. The lowest BCUT2D eigenvalue weighted by Gasteiger charge is -2.24. The first-order valence-corrected chi connectivity index (χ1v) is 4.08. The van der Waals surface area contributed by atoms with Crippen LogP contribution >= 0.6 is 0 Å². The van der Waals surface area contributed by atoms with Crippen LogP contribution in [0.4, 0.5) is 0 Å². The van der Waals surface area contributed by atoms with E-state index in [1.165, 1.54) is 5.57 Å². The summed E-state index contributed by atoms with van der Waals surface area (Å²) in [4.78, 5) is 6.95. The molecule has 64 valence electrons. The molecule has 11 heavy (non-hydrogen) atoms. The molecule has 1 rings (SSSR count). The quantitative estimate of drug-likeness (QED) is 0.478. The van der Waals surface area contributed by atoms with Crippen molar-refractivity contribution in [2.45, 2.75) is 13.3 Å². The summed E-state index contributed by atoms with van der Waals surface area (Å²) in [6.45, 7) is 6.10. The van der Waals surface area contributed by atoms with Gasteiger partial charge in [-0.25, -0.2) is 5.90 Å². The van der Waals surface area contributed by atoms with E-state index >= 15 is 0 Å². The molecule has 3 heteroatoms. The van der Waals surface area contributed by atoms with Crippen LogP contribution in [0.15, 0.2) is 11.6 Å². The lowest BCUT2D eigenvalue weighted by molar-refractivity contribution is 0.154. The molecule has 2 N–H and O–H groups in total. The number of likely N-dealkylation sites (N-methyl/N-ethyl adjacent to an activating group) is 1. The van der Waals surface area contributed by atoms with Crippen molar-refractivity contribution in [3.05, 3.63) is 11.6 Å². The van der Waals surface area contributed by atoms with E-state index in [4.69, 9.17) is 5.90 Å². The lowest BCUT2D eigenvalue weighted by Crippen LogP contribution is -2.29. The molecule has 3 nitrogen and oxygen atoms in total. The van der Waals surface area contributed by atoms with Gasteiger partial charge in [0.2, 0.25) is 0 Å². The first kappa shape index (κ1) is 8.71. The summed E-state index contributed by atoms with van der Waals surface area (Å²) in [5.74, 6) is 4.97. The third kappa shape index (κ3) is 2.61. The Morgan fingerprint density at radius 1 is 1.73 bits per heavy atom. The van der Waals surface area contributed by atoms with Crippen LogP contribution in [0.3, 0.4) is 0 Å². The smallest absolute Gasteiger partial charge is 0.0891 e. The van der Waals surface area contributed by atoms with Crippen LogP contribution in [0.1, 0.15) is 13.3 Å². The van der Waals surface area contributed by atoms with Gasteiger partial charge in [-0.2, -0.15) is 0 Å². The maximum Gasteiger partial charge on any atom is 0.0891 e. The normalized spacial score (nSPS) is 20.0. The Bertz CT molecular complexity index is 145. The molecule has 0 radical (unpaired) electrons. The number of rotatable bonds is 3. The highest BCUT2D eigenvalue weighted by molar-refractivity contribution is 5.07. The van der Waals surface area contributed by atoms with Crippen molar-refractivity contribution in [3.8, 4) is 0 Å². The number of hydrogen-bond acceptors (Lipinski definition) is 3. The second-order valence-electron chi connectivity index (χ2n) is 2.82. The molecule has 1 aliphatic heterocycles. The summed E-state index contributed by atoms with van der Waals surface area (Å²) < 4.78 is 0. The minimum atomic E-state index is 0.595. The molecule has 0 spiro atoms. The van der Waals surface area contributed by atoms with Gasteiger partial charge in [0, 0.05) is 13.1 Å². The van der Waals surface area contributed by atoms with Gasteiger partial charge in [-0.15, -0.1) is 0 Å². The minimum absolute atomic E-state index is 0.595. The van der Waals surface area contributed by atoms with Crippen molar-refractivity contribution in [2.75, 3.05) is 26.2 Å². The van der Waals surface area contributed by atoms with Crippen LogP contribution in [0.5, 0.6) is 0 Å². The van der Waals surface area contributed by atoms with E-state index in [1.807, 2.05) is 0 Å². The first-order valence-electron chi connectivity index (χ1n) is 4.08. The van der Waals surface area contributed by atoms with E-state index in [2.05, 4.69) is 22.7 Å². The van der Waals surface area contributed by atoms with E-state index in [0.717, 1.165) is 26.1 Å². The average molecular weight is 156 g/mol. The van der Waals surface area contributed by atoms with E-state index in [1.54, 1.807) is 0 Å². The second kappa shape index (κ2) is 4.49. The van der Waals surface area contributed by atoms with Crippen molar-refractivity contribution >= 4 is 0 Å². The van der Waals surface area contributed by atoms with Crippen LogP contribution in [0, 0.1) is 0 Å². The summed E-state index contributed by atoms with van der Waals surface area (Å²) in [6, 6.07) is 0. The highest BCUT2D eigenvalue weighted by atomic mass is 16.6. The minimum Gasteiger partial charge on any atom is -0.300 e. The Morgan fingerprint density at radius 3 is 3.00 bits per heavy atom. The summed E-state index contributed by atoms with van der Waals surface area (Å²) in [5, 5.41) is 0. The molecule has 0 aliphatic carbocycles. The Labute approximate surface area is 67.8 Å². The van der Waals surface area contributed by atoms with Gasteiger partial charge in [0.1, 0.15) is 0 Å². The Morgan fingerprint density at radius 2 is 2.55 bits per heavy atom. The molecular formula is C8H16N2O. The van der Waals surface area contributed by atoms with Crippen molar-refractivity contribution < 1.29 is 4.84 Å². The van der Waals surface area contributed by atoms with E-state index in [-0.39, 0.29) is 0 Å². The zero-order valence-corrected chi connectivity index (χ0v) is 7.05. The largest absolute Gasteiger partial charge is 0.300 e. The molecule has 0 aromatic heterocycles. The van der Waals surface area contributed by atoms with Gasteiger partial charge in [-0.3, -0.25) is 4.90 Å². The van der Waals surface area contributed by atoms with Gasteiger partial charge in [0.15, 0.2) is 0 Å². The topological polar surface area (TPSA) is 38.5 Å². The molecule has 1 heterocycles. The van der Waals surface area contributed by atoms with Crippen LogP contribution in [-0.4, -0.2) is 31.1 Å². The standard InChI is InChI=1S/C8H16N2O/c1-2-10-5-3-8(4-6-10)7-11-9/h3H,2,4-7,9H2,1H3. The van der Waals surface area contributed by atoms with Crippen LogP contribution in [0.25, 0.3) is 0 Å². The highest BCUT2D eigenvalue weighted by Gasteiger charge is 2.08. The first-order chi connectivity index (χ1) is 5.36. The predicted octanol–water partition coefficient (Wildman–Crippen LogP) is 0.529. The fourth-order valence-corrected chi connectivity index (χ4v) is 1.28. The van der Waals surface area contributed by atoms with Crippen LogP contribution in [-0.2, 0) is 4.84 Å². The molecule has 0 bridgehead atoms. The lowest BCUT2D eigenvalue weighted by atomic mass is 10.1. The zero-order valence-electron chi connectivity index (χ0n) is 7.05. The second-order valence-corrected chi connectivity index (χ2v) is 2.82. The van der Waals surface area contributed by atoms with Crippen LogP contribution < -0.4 is 5.90 Å². The molecule has 0 aromatic carbocycles. The molecule has 0 saturated carbocycles. The predicted molar refractivity (Wildman–Crippen MR) is 45.0 cm³/mol. The maximum absolute atomic E-state index is 4.97. The molecule has 0 fully saturated rings. The highest BCUT2D eigenvalue weighted by Crippen LogP contribution is 2.09. The summed E-state index contributed by atoms with van der Waals surface area (Å²) in [7, 11) is 0. The summed E-state index contributed by atoms with van der Waals surface area (Å²) in [5.41, 5.74) is 1.33. The van der Waals surface area contributed by atoms with E-state index in [0.29, 0.717) is 6.61 Å². The van der Waals surface area contributed by atoms with E-state index < -0.39 is 0 Å². The van der Waals surface area contributed by atoms with Gasteiger partial charge in [-0.1, -0.05) is 13.0 Å². The molecule has 1 aliphatic rings. The molecular weight excluding hydrogens is 140 g/mol. The summed E-state index contributed by atoms with van der Waals surface area (Å²) >= 11 is 0. The molecule has 0 saturated heterocycles. The number of nitrogens with zero attached hydrogens (tertiary/aromatic N) is 1. The van der Waals surface area contributed by atoms with Crippen LogP contribution in [0.2, 0.25) is 0 Å². The Balaban J connectivity index is 2.31. The van der Waals surface area contributed by atoms with Gasteiger partial charge in [0.25, 0.3) is 0 Å². The molecule has 0 unspecified atom stereocenters. The molecule has 0 atom stereocenters. The summed E-state index contributed by atoms with van der Waals surface area (Å²) in [6.07, 6.45) is 3.31. The molecule has 0 aromatic rings. The number of hydrogen-bond donors (Lipinski definition) is 1. The monoisotopic (exact) mass is 156 g/mol. The Hall–Kier alpha value is -0.380. The van der Waals surface area contributed by atoms with Gasteiger partial charge < -0.3 is 4.84 Å². The fraction of sp³-hybridized carbons (Fsp3) is 0.750. The SMILES string of the molecule is CCN1CC=C(CON)CC1. The third-order valence-electron chi connectivity index (χ3n) is 2.10. The Kier molecular flexibility index (Phi) is 3.56. The van der Waals surface area contributed by atoms with Crippen molar-refractivity contribution in [3.63, 3.8) is 0 Å². The fourth-order valence-electron chi connectivity index (χ4n) is 1.28. The van der Waals surface area contributed by atoms with Crippen molar-refractivity contribution in [1.29, 1.82) is 0 Å². The zero-order chi connectivity index (χ0) is 8.10. The molecule has 0 amide bonds. The number of nitrogens with two attached hydrogens (primary N) is 1. The third-order valence-corrected chi connectivity index (χ3v) is 2.10. The van der Waals surface area contributed by atoms with E-state index in [9.17, 15) is 0 Å². The van der Waals surface area contributed by atoms with Gasteiger partial charge in [0.05, 0.1) is 6.61 Å². The maximum atomic E-state index is 4.97. The van der Waals surface area contributed by atoms with Gasteiger partial charge in [-0.05, 0) is 18.5 Å². The van der Waals surface area contributed by atoms with Crippen molar-refractivity contribution in [2.24, 2.45) is 5.90 Å². The van der Waals surface area contributed by atoms with Crippen molar-refractivity contribution in [1.82, 2.24) is 4.90 Å². The van der Waals surface area contributed by atoms with Gasteiger partial charge >= 0.3 is 0 Å².